The third kappa shape index (κ3) is 2.44. The van der Waals surface area contributed by atoms with E-state index in [1.54, 1.807) is 0 Å². The molecule has 2 N–H and O–H groups in total. The molecule has 0 spiro atoms. The number of hydrogen-bond acceptors (Lipinski definition) is 2. The third-order valence-corrected chi connectivity index (χ3v) is 7.45. The Hall–Kier alpha value is -1.21. The fraction of sp³-hybridized carbons (Fsp3) is 0.250. The Morgan fingerprint density at radius 3 is 1.42 bits per heavy atom. The molecule has 0 aromatic heterocycles. The van der Waals surface area contributed by atoms with E-state index in [1.807, 2.05) is 62.4 Å². The third-order valence-electron chi connectivity index (χ3n) is 3.64. The summed E-state index contributed by atoms with van der Waals surface area (Å²) in [6, 6.07) is 16.0. The summed E-state index contributed by atoms with van der Waals surface area (Å²) in [5.41, 5.74) is 2.25. The van der Waals surface area contributed by atoms with Gasteiger partial charge in [-0.2, -0.15) is 0 Å². The Morgan fingerprint density at radius 1 is 0.737 bits per heavy atom. The molecule has 0 aliphatic rings. The number of aliphatic hydroxyl groups excluding tert-OH is 2. The highest BCUT2D eigenvalue weighted by molar-refractivity contribution is 7.89. The Bertz CT molecular complexity index is 515. The zero-order chi connectivity index (χ0) is 13.9. The van der Waals surface area contributed by atoms with Crippen LogP contribution in [0.1, 0.15) is 11.1 Å². The molecule has 100 valence electrons. The van der Waals surface area contributed by atoms with Crippen LogP contribution in [0, 0.1) is 13.8 Å². The summed E-state index contributed by atoms with van der Waals surface area (Å²) in [6.07, 6.45) is -0.00157. The van der Waals surface area contributed by atoms with Crippen LogP contribution in [-0.2, 0) is 0 Å². The first kappa shape index (κ1) is 14.2. The number of aliphatic hydroxyl groups is 2. The summed E-state index contributed by atoms with van der Waals surface area (Å²) in [6.45, 7) is 4.07. The summed E-state index contributed by atoms with van der Waals surface area (Å²) in [5.74, 6) is 0. The highest BCUT2D eigenvalue weighted by Gasteiger charge is 2.43. The Balaban J connectivity index is 2.69. The van der Waals surface area contributed by atoms with Crippen molar-refractivity contribution >= 4 is 17.9 Å². The maximum Gasteiger partial charge on any atom is 0.166 e. The van der Waals surface area contributed by atoms with E-state index in [2.05, 4.69) is 0 Å². The SMILES string of the molecule is Cc1ccccc1[P+](CO)(CO)c1ccccc1C. The average Bonchev–Trinajstić information content (AvgIpc) is 2.44. The second kappa shape index (κ2) is 5.83. The molecule has 2 nitrogen and oxygen atoms in total. The van der Waals surface area contributed by atoms with E-state index in [0.29, 0.717) is 0 Å². The van der Waals surface area contributed by atoms with Gasteiger partial charge in [0.25, 0.3) is 0 Å². The zero-order valence-corrected chi connectivity index (χ0v) is 12.3. The Labute approximate surface area is 115 Å². The van der Waals surface area contributed by atoms with Crippen LogP contribution in [0.5, 0.6) is 0 Å². The summed E-state index contributed by atoms with van der Waals surface area (Å²) >= 11 is 0. The molecule has 2 aromatic carbocycles. The number of aryl methyl sites for hydroxylation is 2. The van der Waals surface area contributed by atoms with E-state index in [9.17, 15) is 10.2 Å². The second-order valence-corrected chi connectivity index (χ2v) is 8.29. The highest BCUT2D eigenvalue weighted by Crippen LogP contribution is 2.55. The molecule has 2 rings (SSSR count). The van der Waals surface area contributed by atoms with Crippen molar-refractivity contribution in [3.05, 3.63) is 59.7 Å². The van der Waals surface area contributed by atoms with Crippen molar-refractivity contribution in [1.29, 1.82) is 0 Å². The fourth-order valence-corrected chi connectivity index (χ4v) is 5.77. The number of hydrogen-bond donors (Lipinski definition) is 2. The van der Waals surface area contributed by atoms with Crippen LogP contribution in [0.3, 0.4) is 0 Å². The lowest BCUT2D eigenvalue weighted by Crippen LogP contribution is -2.30. The fourth-order valence-electron chi connectivity index (χ4n) is 2.57. The topological polar surface area (TPSA) is 40.5 Å². The minimum atomic E-state index is -2.13. The van der Waals surface area contributed by atoms with Crippen LogP contribution in [0.4, 0.5) is 0 Å². The molecule has 0 saturated carbocycles. The van der Waals surface area contributed by atoms with Gasteiger partial charge in [-0.1, -0.05) is 36.4 Å². The largest absolute Gasteiger partial charge is 0.361 e. The molecule has 19 heavy (non-hydrogen) atoms. The molecule has 0 aliphatic carbocycles. The number of benzene rings is 2. The van der Waals surface area contributed by atoms with Gasteiger partial charge in [-0.3, -0.25) is 0 Å². The van der Waals surface area contributed by atoms with Crippen LogP contribution in [0.25, 0.3) is 0 Å². The number of rotatable bonds is 4. The van der Waals surface area contributed by atoms with Gasteiger partial charge in [0, 0.05) is 0 Å². The predicted molar refractivity (Wildman–Crippen MR) is 82.7 cm³/mol. The molecule has 0 radical (unpaired) electrons. The minimum absolute atomic E-state index is 0.000787. The molecule has 2 aromatic rings. The molecular formula is C16H20O2P+. The summed E-state index contributed by atoms with van der Waals surface area (Å²) in [5, 5.41) is 22.2. The molecule has 3 heteroatoms. The first-order chi connectivity index (χ1) is 9.15. The van der Waals surface area contributed by atoms with Crippen molar-refractivity contribution in [3.63, 3.8) is 0 Å². The van der Waals surface area contributed by atoms with E-state index >= 15 is 0 Å². The second-order valence-electron chi connectivity index (χ2n) is 4.82. The maximum absolute atomic E-state index is 10.0. The van der Waals surface area contributed by atoms with E-state index in [1.165, 1.54) is 0 Å². The van der Waals surface area contributed by atoms with Crippen molar-refractivity contribution in [2.24, 2.45) is 0 Å². The molecule has 0 aliphatic heterocycles. The van der Waals surface area contributed by atoms with Gasteiger partial charge in [0.1, 0.15) is 17.9 Å². The van der Waals surface area contributed by atoms with Crippen molar-refractivity contribution < 1.29 is 10.2 Å². The van der Waals surface area contributed by atoms with Crippen molar-refractivity contribution in [3.8, 4) is 0 Å². The molecular weight excluding hydrogens is 255 g/mol. The molecule has 0 unspecified atom stereocenters. The van der Waals surface area contributed by atoms with Gasteiger partial charge in [0.05, 0.1) is 0 Å². The van der Waals surface area contributed by atoms with Crippen LogP contribution in [-0.4, -0.2) is 22.9 Å². The van der Waals surface area contributed by atoms with Crippen molar-refractivity contribution in [2.45, 2.75) is 13.8 Å². The van der Waals surface area contributed by atoms with E-state index in [0.717, 1.165) is 21.7 Å². The van der Waals surface area contributed by atoms with Gasteiger partial charge in [0.15, 0.2) is 12.7 Å². The molecule has 0 heterocycles. The summed E-state index contributed by atoms with van der Waals surface area (Å²) < 4.78 is 0. The molecule has 0 saturated heterocycles. The summed E-state index contributed by atoms with van der Waals surface area (Å²) in [7, 11) is -2.13. The van der Waals surface area contributed by atoms with Crippen LogP contribution >= 0.6 is 7.26 Å². The lowest BCUT2D eigenvalue weighted by molar-refractivity contribution is 0.342. The molecule has 0 atom stereocenters. The van der Waals surface area contributed by atoms with Crippen molar-refractivity contribution in [1.82, 2.24) is 0 Å². The van der Waals surface area contributed by atoms with Gasteiger partial charge in [0.2, 0.25) is 0 Å². The first-order valence-electron chi connectivity index (χ1n) is 6.37. The van der Waals surface area contributed by atoms with Gasteiger partial charge in [-0.15, -0.1) is 0 Å². The van der Waals surface area contributed by atoms with Crippen molar-refractivity contribution in [2.75, 3.05) is 12.7 Å². The van der Waals surface area contributed by atoms with Gasteiger partial charge >= 0.3 is 0 Å². The van der Waals surface area contributed by atoms with E-state index < -0.39 is 7.26 Å². The average molecular weight is 275 g/mol. The van der Waals surface area contributed by atoms with Gasteiger partial charge in [-0.25, -0.2) is 0 Å². The maximum atomic E-state index is 10.0. The lowest BCUT2D eigenvalue weighted by atomic mass is 10.2. The lowest BCUT2D eigenvalue weighted by Gasteiger charge is -2.25. The van der Waals surface area contributed by atoms with Crippen LogP contribution in [0.15, 0.2) is 48.5 Å². The molecule has 0 amide bonds. The minimum Gasteiger partial charge on any atom is -0.361 e. The van der Waals surface area contributed by atoms with Crippen LogP contribution < -0.4 is 10.6 Å². The Kier molecular flexibility index (Phi) is 4.36. The highest BCUT2D eigenvalue weighted by atomic mass is 31.2. The monoisotopic (exact) mass is 275 g/mol. The standard InChI is InChI=1S/C16H20O2P/c1-13-7-3-5-9-15(13)19(11-17,12-18)16-10-6-4-8-14(16)2/h3-10,17-18H,11-12H2,1-2H3/q+1. The molecule has 0 fully saturated rings. The van der Waals surface area contributed by atoms with Crippen LogP contribution in [0.2, 0.25) is 0 Å². The quantitative estimate of drug-likeness (QED) is 0.840. The van der Waals surface area contributed by atoms with Gasteiger partial charge < -0.3 is 10.2 Å². The predicted octanol–water partition coefficient (Wildman–Crippen LogP) is 2.17. The smallest absolute Gasteiger partial charge is 0.166 e. The zero-order valence-electron chi connectivity index (χ0n) is 11.4. The normalized spacial score (nSPS) is 11.6. The first-order valence-corrected chi connectivity index (χ1v) is 8.53. The Morgan fingerprint density at radius 2 is 1.11 bits per heavy atom. The van der Waals surface area contributed by atoms with Gasteiger partial charge in [-0.05, 0) is 37.1 Å². The van der Waals surface area contributed by atoms with E-state index in [-0.39, 0.29) is 12.7 Å². The summed E-state index contributed by atoms with van der Waals surface area (Å²) in [4.78, 5) is 0. The molecule has 0 bridgehead atoms. The van der Waals surface area contributed by atoms with E-state index in [4.69, 9.17) is 0 Å².